The molecule has 0 spiro atoms. The van der Waals surface area contributed by atoms with Gasteiger partial charge in [0.15, 0.2) is 0 Å². The molecule has 0 radical (unpaired) electrons. The van der Waals surface area contributed by atoms with Crippen molar-refractivity contribution in [2.24, 2.45) is 17.8 Å². The Hall–Kier alpha value is -6.64. The summed E-state index contributed by atoms with van der Waals surface area (Å²) >= 11 is 0. The first-order valence-electron chi connectivity index (χ1n) is 21.9. The lowest BCUT2D eigenvalue weighted by molar-refractivity contribution is -0.00518. The first-order valence-corrected chi connectivity index (χ1v) is 21.9. The van der Waals surface area contributed by atoms with Gasteiger partial charge in [-0.05, 0) is 173 Å². The lowest BCUT2D eigenvalue weighted by Gasteiger charge is -2.57. The van der Waals surface area contributed by atoms with Crippen LogP contribution in [0.25, 0.3) is 33.4 Å². The van der Waals surface area contributed by atoms with E-state index in [1.807, 2.05) is 0 Å². The first kappa shape index (κ1) is 36.4. The van der Waals surface area contributed by atoms with E-state index in [0.717, 1.165) is 51.9 Å². The van der Waals surface area contributed by atoms with Crippen molar-refractivity contribution in [3.8, 4) is 33.4 Å². The Labute approximate surface area is 355 Å². The van der Waals surface area contributed by atoms with Crippen LogP contribution in [0.5, 0.6) is 0 Å². The summed E-state index contributed by atoms with van der Waals surface area (Å²) in [6.07, 6.45) is 8.70. The van der Waals surface area contributed by atoms with Gasteiger partial charge in [-0.25, -0.2) is 0 Å². The molecule has 2 nitrogen and oxygen atoms in total. The summed E-state index contributed by atoms with van der Waals surface area (Å²) in [7, 11) is 0. The van der Waals surface area contributed by atoms with Crippen LogP contribution in [-0.4, -0.2) is 0 Å². The lowest BCUT2D eigenvalue weighted by Crippen LogP contribution is -2.48. The normalized spacial score (nSPS) is 20.2. The molecule has 0 amide bonds. The van der Waals surface area contributed by atoms with E-state index in [0.29, 0.717) is 5.41 Å². The zero-order valence-electron chi connectivity index (χ0n) is 34.1. The molecule has 292 valence electrons. The van der Waals surface area contributed by atoms with Crippen LogP contribution in [0.15, 0.2) is 212 Å². The molecule has 0 aliphatic heterocycles. The Morgan fingerprint density at radius 1 is 0.267 bits per heavy atom. The van der Waals surface area contributed by atoms with E-state index in [1.54, 1.807) is 5.56 Å². The molecule has 8 aromatic rings. The largest absolute Gasteiger partial charge is 0.311 e. The van der Waals surface area contributed by atoms with Gasteiger partial charge < -0.3 is 9.80 Å². The standard InChI is InChI=1S/C58H50N2/c1-4-10-45(11-5-1)47-18-28-54(29-19-47)59(52-12-6-2-7-13-52)56-32-22-49(23-33-56)50-24-34-57(35-25-50)60(53-14-8-3-9-15-53)55-30-20-48(21-31-55)46-16-26-51(27-17-46)58-39-42-36-43(40-58)38-44(37-42)41-58/h1-35,42-44H,36-41H2. The second-order valence-corrected chi connectivity index (χ2v) is 17.7. The second kappa shape index (κ2) is 15.5. The molecule has 0 unspecified atom stereocenters. The zero-order chi connectivity index (χ0) is 39.9. The Morgan fingerprint density at radius 2 is 0.517 bits per heavy atom. The van der Waals surface area contributed by atoms with Crippen LogP contribution in [0.2, 0.25) is 0 Å². The van der Waals surface area contributed by atoms with Gasteiger partial charge in [0.05, 0.1) is 0 Å². The van der Waals surface area contributed by atoms with E-state index in [9.17, 15) is 0 Å². The van der Waals surface area contributed by atoms with Crippen LogP contribution in [-0.2, 0) is 5.41 Å². The highest BCUT2D eigenvalue weighted by atomic mass is 15.1. The quantitative estimate of drug-likeness (QED) is 0.137. The molecule has 0 saturated heterocycles. The van der Waals surface area contributed by atoms with Crippen molar-refractivity contribution in [1.29, 1.82) is 0 Å². The molecular weight excluding hydrogens is 725 g/mol. The fourth-order valence-corrected chi connectivity index (χ4v) is 11.4. The van der Waals surface area contributed by atoms with Crippen molar-refractivity contribution in [3.05, 3.63) is 218 Å². The fourth-order valence-electron chi connectivity index (χ4n) is 11.4. The lowest BCUT2D eigenvalue weighted by atomic mass is 9.48. The summed E-state index contributed by atoms with van der Waals surface area (Å²) in [5, 5.41) is 0. The molecule has 4 saturated carbocycles. The molecule has 0 heterocycles. The molecule has 0 atom stereocenters. The minimum absolute atomic E-state index is 0.437. The van der Waals surface area contributed by atoms with Gasteiger partial charge in [0.25, 0.3) is 0 Å². The average Bonchev–Trinajstić information content (AvgIpc) is 3.31. The van der Waals surface area contributed by atoms with Gasteiger partial charge in [-0.15, -0.1) is 0 Å². The van der Waals surface area contributed by atoms with Gasteiger partial charge in [0.2, 0.25) is 0 Å². The van der Waals surface area contributed by atoms with E-state index in [1.165, 1.54) is 71.9 Å². The highest BCUT2D eigenvalue weighted by molar-refractivity contribution is 5.82. The average molecular weight is 775 g/mol. The maximum atomic E-state index is 2.46. The SMILES string of the molecule is c1ccc(-c2ccc(N(c3ccccc3)c3ccc(-c4ccc(N(c5ccccc5)c5ccc(-c6ccc(C78CC9CC(CC(C9)C7)C8)cc6)cc5)cc4)cc3)cc2)cc1. The third-order valence-corrected chi connectivity index (χ3v) is 13.8. The molecule has 12 rings (SSSR count). The third-order valence-electron chi connectivity index (χ3n) is 13.8. The van der Waals surface area contributed by atoms with E-state index in [-0.39, 0.29) is 0 Å². The summed E-state index contributed by atoms with van der Waals surface area (Å²) in [5.74, 6) is 2.89. The molecule has 60 heavy (non-hydrogen) atoms. The minimum atomic E-state index is 0.437. The molecule has 0 N–H and O–H groups in total. The maximum absolute atomic E-state index is 2.46. The minimum Gasteiger partial charge on any atom is -0.311 e. The smallest absolute Gasteiger partial charge is 0.0462 e. The fraction of sp³-hybridized carbons (Fsp3) is 0.172. The number of nitrogens with zero attached hydrogens (tertiary/aromatic N) is 2. The molecule has 4 aliphatic rings. The van der Waals surface area contributed by atoms with Crippen LogP contribution in [0.3, 0.4) is 0 Å². The number of hydrogen-bond donors (Lipinski definition) is 0. The Bertz CT molecular complexity index is 2630. The Kier molecular flexibility index (Phi) is 9.42. The van der Waals surface area contributed by atoms with E-state index < -0.39 is 0 Å². The van der Waals surface area contributed by atoms with Crippen molar-refractivity contribution in [3.63, 3.8) is 0 Å². The molecule has 4 aliphatic carbocycles. The molecule has 0 aromatic heterocycles. The monoisotopic (exact) mass is 774 g/mol. The van der Waals surface area contributed by atoms with Crippen LogP contribution >= 0.6 is 0 Å². The molecule has 4 fully saturated rings. The highest BCUT2D eigenvalue weighted by Gasteiger charge is 2.51. The van der Waals surface area contributed by atoms with Crippen molar-refractivity contribution < 1.29 is 0 Å². The second-order valence-electron chi connectivity index (χ2n) is 17.7. The molecule has 2 heteroatoms. The van der Waals surface area contributed by atoms with Crippen LogP contribution < -0.4 is 9.80 Å². The summed E-state index contributed by atoms with van der Waals surface area (Å²) in [6.45, 7) is 0. The zero-order valence-corrected chi connectivity index (χ0v) is 34.1. The summed E-state index contributed by atoms with van der Waals surface area (Å²) in [4.78, 5) is 4.68. The Morgan fingerprint density at radius 3 is 0.833 bits per heavy atom. The number of para-hydroxylation sites is 2. The highest BCUT2D eigenvalue weighted by Crippen LogP contribution is 2.60. The van der Waals surface area contributed by atoms with Crippen LogP contribution in [0.4, 0.5) is 34.1 Å². The Balaban J connectivity index is 0.838. The van der Waals surface area contributed by atoms with Gasteiger partial charge in [-0.1, -0.05) is 140 Å². The van der Waals surface area contributed by atoms with E-state index in [2.05, 4.69) is 222 Å². The number of anilines is 6. The van der Waals surface area contributed by atoms with Crippen LogP contribution in [0.1, 0.15) is 44.1 Å². The number of hydrogen-bond acceptors (Lipinski definition) is 2. The van der Waals surface area contributed by atoms with Gasteiger partial charge >= 0.3 is 0 Å². The van der Waals surface area contributed by atoms with Crippen LogP contribution in [0, 0.1) is 17.8 Å². The predicted molar refractivity (Wildman–Crippen MR) is 252 cm³/mol. The number of rotatable bonds is 10. The van der Waals surface area contributed by atoms with Crippen molar-refractivity contribution in [2.75, 3.05) is 9.80 Å². The third kappa shape index (κ3) is 7.01. The number of benzene rings is 8. The first-order chi connectivity index (χ1) is 29.6. The maximum Gasteiger partial charge on any atom is 0.0462 e. The molecule has 4 bridgehead atoms. The van der Waals surface area contributed by atoms with Crippen molar-refractivity contribution >= 4 is 34.1 Å². The van der Waals surface area contributed by atoms with Crippen molar-refractivity contribution in [2.45, 2.75) is 43.9 Å². The van der Waals surface area contributed by atoms with E-state index in [4.69, 9.17) is 0 Å². The van der Waals surface area contributed by atoms with Gasteiger partial charge in [0, 0.05) is 34.1 Å². The topological polar surface area (TPSA) is 6.48 Å². The molecule has 8 aromatic carbocycles. The summed E-state index contributed by atoms with van der Waals surface area (Å²) < 4.78 is 0. The summed E-state index contributed by atoms with van der Waals surface area (Å²) in [5.41, 5.74) is 16.2. The molecular formula is C58H50N2. The van der Waals surface area contributed by atoms with Gasteiger partial charge in [0.1, 0.15) is 0 Å². The summed E-state index contributed by atoms with van der Waals surface area (Å²) in [6, 6.07) is 77.5. The predicted octanol–water partition coefficient (Wildman–Crippen LogP) is 16.1. The van der Waals surface area contributed by atoms with Crippen molar-refractivity contribution in [1.82, 2.24) is 0 Å². The van der Waals surface area contributed by atoms with E-state index >= 15 is 0 Å². The van der Waals surface area contributed by atoms with Gasteiger partial charge in [-0.2, -0.15) is 0 Å². The van der Waals surface area contributed by atoms with Gasteiger partial charge in [-0.3, -0.25) is 0 Å².